The highest BCUT2D eigenvalue weighted by atomic mass is 79.9. The van der Waals surface area contributed by atoms with E-state index in [1.807, 2.05) is 25.1 Å². The maximum atomic E-state index is 13.9. The fourth-order valence-corrected chi connectivity index (χ4v) is 3.28. The third kappa shape index (κ3) is 2.48. The number of nitrogens with zero attached hydrogens (tertiary/aromatic N) is 1. The van der Waals surface area contributed by atoms with Gasteiger partial charge < -0.3 is 4.90 Å². The zero-order valence-electron chi connectivity index (χ0n) is 11.6. The van der Waals surface area contributed by atoms with Crippen molar-refractivity contribution >= 4 is 27.5 Å². The Balaban J connectivity index is 2.02. The van der Waals surface area contributed by atoms with Gasteiger partial charge in [-0.3, -0.25) is 4.79 Å². The predicted octanol–water partition coefficient (Wildman–Crippen LogP) is 4.28. The molecule has 1 aliphatic heterocycles. The molecular formula is C17H15BrFNO. The molecule has 2 aromatic carbocycles. The maximum absolute atomic E-state index is 13.9. The van der Waals surface area contributed by atoms with Gasteiger partial charge in [0.1, 0.15) is 5.82 Å². The molecule has 1 aliphatic rings. The topological polar surface area (TPSA) is 20.3 Å². The molecule has 0 fully saturated rings. The summed E-state index contributed by atoms with van der Waals surface area (Å²) in [6.07, 6.45) is 0.394. The molecule has 0 spiro atoms. The number of anilines is 1. The molecule has 1 heterocycles. The maximum Gasteiger partial charge on any atom is 0.234 e. The van der Waals surface area contributed by atoms with Crippen LogP contribution in [0, 0.1) is 5.82 Å². The molecule has 0 aromatic heterocycles. The first kappa shape index (κ1) is 14.3. The zero-order valence-corrected chi connectivity index (χ0v) is 13.2. The summed E-state index contributed by atoms with van der Waals surface area (Å²) in [6, 6.07) is 12.5. The molecule has 1 unspecified atom stereocenters. The lowest BCUT2D eigenvalue weighted by Gasteiger charge is -2.15. The third-order valence-corrected chi connectivity index (χ3v) is 4.41. The number of amides is 1. The Morgan fingerprint density at radius 2 is 2.00 bits per heavy atom. The average Bonchev–Trinajstić information content (AvgIpc) is 2.73. The number of carbonyl (C=O) groups excluding carboxylic acids is 1. The summed E-state index contributed by atoms with van der Waals surface area (Å²) in [5.41, 5.74) is 2.49. The van der Waals surface area contributed by atoms with E-state index in [2.05, 4.69) is 15.9 Å². The van der Waals surface area contributed by atoms with Crippen molar-refractivity contribution in [2.75, 3.05) is 11.4 Å². The van der Waals surface area contributed by atoms with Crippen LogP contribution in [0.1, 0.15) is 24.0 Å². The first-order valence-electron chi connectivity index (χ1n) is 6.96. The van der Waals surface area contributed by atoms with Crippen LogP contribution >= 0.6 is 15.9 Å². The van der Waals surface area contributed by atoms with Crippen molar-refractivity contribution in [3.63, 3.8) is 0 Å². The lowest BCUT2D eigenvalue weighted by atomic mass is 9.93. The van der Waals surface area contributed by atoms with Crippen molar-refractivity contribution in [3.05, 3.63) is 63.9 Å². The molecule has 3 rings (SSSR count). The highest BCUT2D eigenvalue weighted by Crippen LogP contribution is 2.40. The summed E-state index contributed by atoms with van der Waals surface area (Å²) in [6.45, 7) is 2.58. The second-order valence-corrected chi connectivity index (χ2v) is 6.05. The lowest BCUT2D eigenvalue weighted by Crippen LogP contribution is -2.29. The molecule has 0 saturated carbocycles. The van der Waals surface area contributed by atoms with E-state index in [-0.39, 0.29) is 17.6 Å². The molecular weight excluding hydrogens is 333 g/mol. The van der Waals surface area contributed by atoms with Crippen LogP contribution in [0.5, 0.6) is 0 Å². The number of fused-ring (bicyclic) bond motifs is 1. The molecule has 0 bridgehead atoms. The molecule has 0 saturated heterocycles. The second kappa shape index (κ2) is 5.60. The Morgan fingerprint density at radius 3 is 2.71 bits per heavy atom. The van der Waals surface area contributed by atoms with E-state index < -0.39 is 0 Å². The minimum Gasteiger partial charge on any atom is -0.312 e. The van der Waals surface area contributed by atoms with Gasteiger partial charge in [-0.1, -0.05) is 34.1 Å². The summed E-state index contributed by atoms with van der Waals surface area (Å²) < 4.78 is 14.8. The fourth-order valence-electron chi connectivity index (χ4n) is 2.90. The average molecular weight is 348 g/mol. The van der Waals surface area contributed by atoms with Crippen molar-refractivity contribution in [1.82, 2.24) is 0 Å². The molecule has 1 amide bonds. The Labute approximate surface area is 131 Å². The Kier molecular flexibility index (Phi) is 3.81. The molecule has 108 valence electrons. The number of carbonyl (C=O) groups is 1. The summed E-state index contributed by atoms with van der Waals surface area (Å²) in [5, 5.41) is 0. The zero-order chi connectivity index (χ0) is 15.0. The highest BCUT2D eigenvalue weighted by molar-refractivity contribution is 9.10. The third-order valence-electron chi connectivity index (χ3n) is 3.92. The number of hydrogen-bond donors (Lipinski definition) is 0. The van der Waals surface area contributed by atoms with Crippen LogP contribution in [0.2, 0.25) is 0 Å². The molecule has 0 N–H and O–H groups in total. The minimum atomic E-state index is -0.311. The Bertz CT molecular complexity index is 701. The molecule has 0 aliphatic carbocycles. The van der Waals surface area contributed by atoms with E-state index in [0.29, 0.717) is 18.5 Å². The smallest absolute Gasteiger partial charge is 0.234 e. The normalized spacial score (nSPS) is 17.2. The van der Waals surface area contributed by atoms with Crippen LogP contribution in [0.15, 0.2) is 46.9 Å². The fraction of sp³-hybridized carbons (Fsp3) is 0.235. The summed E-state index contributed by atoms with van der Waals surface area (Å²) >= 11 is 3.45. The highest BCUT2D eigenvalue weighted by Gasteiger charge is 2.36. The van der Waals surface area contributed by atoms with Crippen molar-refractivity contribution in [2.45, 2.75) is 19.3 Å². The first-order valence-corrected chi connectivity index (χ1v) is 7.75. The van der Waals surface area contributed by atoms with Crippen LogP contribution in [0.4, 0.5) is 10.1 Å². The van der Waals surface area contributed by atoms with Gasteiger partial charge in [-0.05, 0) is 48.7 Å². The van der Waals surface area contributed by atoms with Gasteiger partial charge in [-0.25, -0.2) is 4.39 Å². The molecule has 21 heavy (non-hydrogen) atoms. The number of likely N-dealkylation sites (N-methyl/N-ethyl adjacent to an activating group) is 1. The summed E-state index contributed by atoms with van der Waals surface area (Å²) in [7, 11) is 0. The number of benzene rings is 2. The molecule has 2 nitrogen and oxygen atoms in total. The largest absolute Gasteiger partial charge is 0.312 e. The van der Waals surface area contributed by atoms with Gasteiger partial charge in [-0.2, -0.15) is 0 Å². The Morgan fingerprint density at radius 1 is 1.24 bits per heavy atom. The first-order chi connectivity index (χ1) is 10.1. The molecule has 0 radical (unpaired) electrons. The van der Waals surface area contributed by atoms with Crippen LogP contribution in [-0.4, -0.2) is 12.5 Å². The number of rotatable bonds is 3. The molecule has 2 aromatic rings. The summed E-state index contributed by atoms with van der Waals surface area (Å²) in [4.78, 5) is 14.4. The van der Waals surface area contributed by atoms with E-state index in [1.54, 1.807) is 23.1 Å². The number of halogens is 2. The van der Waals surface area contributed by atoms with Gasteiger partial charge in [-0.15, -0.1) is 0 Å². The predicted molar refractivity (Wildman–Crippen MR) is 85.0 cm³/mol. The van der Waals surface area contributed by atoms with Gasteiger partial charge in [0.2, 0.25) is 5.91 Å². The van der Waals surface area contributed by atoms with Gasteiger partial charge in [0.15, 0.2) is 0 Å². The van der Waals surface area contributed by atoms with Gasteiger partial charge in [0, 0.05) is 16.7 Å². The summed E-state index contributed by atoms with van der Waals surface area (Å²) in [5.74, 6) is -0.514. The van der Waals surface area contributed by atoms with Crippen molar-refractivity contribution in [2.24, 2.45) is 0 Å². The SMILES string of the molecule is CCN1C(=O)C(Cc2ccccc2F)c2cc(Br)ccc21. The van der Waals surface area contributed by atoms with E-state index >= 15 is 0 Å². The van der Waals surface area contributed by atoms with E-state index in [4.69, 9.17) is 0 Å². The standard InChI is InChI=1S/C17H15BrFNO/c1-2-20-16-8-7-12(18)10-13(16)14(17(20)21)9-11-5-3-4-6-15(11)19/h3-8,10,14H,2,9H2,1H3. The Hall–Kier alpha value is -1.68. The quantitative estimate of drug-likeness (QED) is 0.811. The van der Waals surface area contributed by atoms with Crippen LogP contribution in [-0.2, 0) is 11.2 Å². The number of hydrogen-bond acceptors (Lipinski definition) is 1. The van der Waals surface area contributed by atoms with E-state index in [1.165, 1.54) is 6.07 Å². The van der Waals surface area contributed by atoms with Crippen LogP contribution in [0.25, 0.3) is 0 Å². The molecule has 1 atom stereocenters. The second-order valence-electron chi connectivity index (χ2n) is 5.13. The monoisotopic (exact) mass is 347 g/mol. The van der Waals surface area contributed by atoms with Crippen molar-refractivity contribution < 1.29 is 9.18 Å². The molecule has 4 heteroatoms. The van der Waals surface area contributed by atoms with Crippen molar-refractivity contribution in [3.8, 4) is 0 Å². The van der Waals surface area contributed by atoms with E-state index in [9.17, 15) is 9.18 Å². The van der Waals surface area contributed by atoms with Gasteiger partial charge in [0.05, 0.1) is 5.92 Å². The minimum absolute atomic E-state index is 0.0499. The van der Waals surface area contributed by atoms with Gasteiger partial charge >= 0.3 is 0 Å². The van der Waals surface area contributed by atoms with Gasteiger partial charge in [0.25, 0.3) is 0 Å². The lowest BCUT2D eigenvalue weighted by molar-refractivity contribution is -0.119. The van der Waals surface area contributed by atoms with E-state index in [0.717, 1.165) is 15.7 Å². The van der Waals surface area contributed by atoms with Crippen molar-refractivity contribution in [1.29, 1.82) is 0 Å². The van der Waals surface area contributed by atoms with Crippen LogP contribution in [0.3, 0.4) is 0 Å². The van der Waals surface area contributed by atoms with Crippen LogP contribution < -0.4 is 4.90 Å².